The molecule has 1 saturated heterocycles. The average molecular weight is 313 g/mol. The second-order valence-electron chi connectivity index (χ2n) is 6.74. The maximum atomic E-state index is 4.22. The SMILES string of the molecule is CC(C)N1CCC(CNCc2cnnn2Cc2ccccc2)C1. The summed E-state index contributed by atoms with van der Waals surface area (Å²) in [6.45, 7) is 9.69. The number of aromatic nitrogens is 3. The Balaban J connectivity index is 1.47. The molecule has 5 heteroatoms. The topological polar surface area (TPSA) is 46.0 Å². The van der Waals surface area contributed by atoms with E-state index >= 15 is 0 Å². The van der Waals surface area contributed by atoms with Crippen molar-refractivity contribution in [3.05, 3.63) is 47.8 Å². The van der Waals surface area contributed by atoms with Crippen molar-refractivity contribution in [2.75, 3.05) is 19.6 Å². The Bertz CT molecular complexity index is 592. The number of nitrogens with one attached hydrogen (secondary N) is 1. The fourth-order valence-electron chi connectivity index (χ4n) is 3.21. The van der Waals surface area contributed by atoms with Gasteiger partial charge < -0.3 is 10.2 Å². The fourth-order valence-corrected chi connectivity index (χ4v) is 3.21. The third-order valence-corrected chi connectivity index (χ3v) is 4.66. The number of hydrogen-bond acceptors (Lipinski definition) is 4. The molecule has 1 atom stereocenters. The van der Waals surface area contributed by atoms with Gasteiger partial charge in [-0.3, -0.25) is 0 Å². The van der Waals surface area contributed by atoms with Crippen LogP contribution in [0.3, 0.4) is 0 Å². The molecule has 1 aliphatic heterocycles. The third-order valence-electron chi connectivity index (χ3n) is 4.66. The summed E-state index contributed by atoms with van der Waals surface area (Å²) >= 11 is 0. The highest BCUT2D eigenvalue weighted by Gasteiger charge is 2.23. The van der Waals surface area contributed by atoms with Gasteiger partial charge in [-0.15, -0.1) is 5.10 Å². The van der Waals surface area contributed by atoms with Crippen LogP contribution in [0.15, 0.2) is 36.5 Å². The molecular formula is C18H27N5. The van der Waals surface area contributed by atoms with Crippen molar-refractivity contribution < 1.29 is 0 Å². The first-order chi connectivity index (χ1) is 11.2. The van der Waals surface area contributed by atoms with Crippen molar-refractivity contribution in [3.8, 4) is 0 Å². The van der Waals surface area contributed by atoms with E-state index in [1.54, 1.807) is 0 Å². The van der Waals surface area contributed by atoms with E-state index < -0.39 is 0 Å². The molecular weight excluding hydrogens is 286 g/mol. The lowest BCUT2D eigenvalue weighted by atomic mass is 10.1. The molecule has 0 bridgehead atoms. The summed E-state index contributed by atoms with van der Waals surface area (Å²) in [4.78, 5) is 2.56. The molecule has 1 aromatic heterocycles. The first-order valence-electron chi connectivity index (χ1n) is 8.58. The van der Waals surface area contributed by atoms with Crippen LogP contribution in [0.1, 0.15) is 31.5 Å². The van der Waals surface area contributed by atoms with Gasteiger partial charge in [0.15, 0.2) is 0 Å². The van der Waals surface area contributed by atoms with Crippen molar-refractivity contribution in [1.82, 2.24) is 25.2 Å². The summed E-state index contributed by atoms with van der Waals surface area (Å²) in [6, 6.07) is 11.1. The molecule has 0 radical (unpaired) electrons. The number of nitrogens with zero attached hydrogens (tertiary/aromatic N) is 4. The molecule has 0 spiro atoms. The van der Waals surface area contributed by atoms with E-state index in [1.165, 1.54) is 25.1 Å². The van der Waals surface area contributed by atoms with Gasteiger partial charge in [-0.05, 0) is 44.8 Å². The van der Waals surface area contributed by atoms with E-state index in [4.69, 9.17) is 0 Å². The van der Waals surface area contributed by atoms with Gasteiger partial charge in [0, 0.05) is 19.1 Å². The second-order valence-corrected chi connectivity index (χ2v) is 6.74. The minimum Gasteiger partial charge on any atom is -0.311 e. The van der Waals surface area contributed by atoms with Gasteiger partial charge in [0.2, 0.25) is 0 Å². The number of rotatable bonds is 7. The van der Waals surface area contributed by atoms with E-state index in [2.05, 4.69) is 58.6 Å². The van der Waals surface area contributed by atoms with Crippen LogP contribution in [0.2, 0.25) is 0 Å². The van der Waals surface area contributed by atoms with E-state index in [9.17, 15) is 0 Å². The largest absolute Gasteiger partial charge is 0.311 e. The van der Waals surface area contributed by atoms with Gasteiger partial charge >= 0.3 is 0 Å². The summed E-state index contributed by atoms with van der Waals surface area (Å²) in [5.41, 5.74) is 2.40. The molecule has 2 aromatic rings. The zero-order chi connectivity index (χ0) is 16.1. The quantitative estimate of drug-likeness (QED) is 0.851. The second kappa shape index (κ2) is 7.70. The highest BCUT2D eigenvalue weighted by molar-refractivity contribution is 5.15. The Morgan fingerprint density at radius 3 is 2.83 bits per heavy atom. The Morgan fingerprint density at radius 1 is 1.26 bits per heavy atom. The van der Waals surface area contributed by atoms with Crippen LogP contribution in [-0.2, 0) is 13.1 Å². The normalized spacial score (nSPS) is 18.8. The van der Waals surface area contributed by atoms with E-state index in [1.807, 2.05) is 16.9 Å². The lowest BCUT2D eigenvalue weighted by Gasteiger charge is -2.20. The van der Waals surface area contributed by atoms with Crippen LogP contribution in [0.25, 0.3) is 0 Å². The molecule has 1 aliphatic rings. The summed E-state index contributed by atoms with van der Waals surface area (Å²) in [5, 5.41) is 11.9. The summed E-state index contributed by atoms with van der Waals surface area (Å²) in [6.07, 6.45) is 3.16. The zero-order valence-electron chi connectivity index (χ0n) is 14.2. The van der Waals surface area contributed by atoms with E-state index in [0.717, 1.165) is 31.2 Å². The minimum atomic E-state index is 0.663. The molecule has 0 saturated carbocycles. The molecule has 1 unspecified atom stereocenters. The molecule has 124 valence electrons. The molecule has 3 rings (SSSR count). The summed E-state index contributed by atoms with van der Waals surface area (Å²) in [7, 11) is 0. The van der Waals surface area contributed by atoms with Crippen LogP contribution < -0.4 is 5.32 Å². The molecule has 2 heterocycles. The monoisotopic (exact) mass is 313 g/mol. The van der Waals surface area contributed by atoms with Crippen molar-refractivity contribution in [2.45, 2.75) is 39.4 Å². The molecule has 1 N–H and O–H groups in total. The Morgan fingerprint density at radius 2 is 2.09 bits per heavy atom. The standard InChI is InChI=1S/C18H27N5/c1-15(2)22-9-8-17(13-22)10-19-11-18-12-20-21-23(18)14-16-6-4-3-5-7-16/h3-7,12,15,17,19H,8-11,13-14H2,1-2H3. The van der Waals surface area contributed by atoms with Crippen LogP contribution in [-0.4, -0.2) is 45.6 Å². The summed E-state index contributed by atoms with van der Waals surface area (Å²) < 4.78 is 1.98. The lowest BCUT2D eigenvalue weighted by Crippen LogP contribution is -2.30. The molecule has 1 fully saturated rings. The zero-order valence-corrected chi connectivity index (χ0v) is 14.2. The molecule has 0 aliphatic carbocycles. The van der Waals surface area contributed by atoms with Crippen molar-refractivity contribution >= 4 is 0 Å². The predicted octanol–water partition coefficient (Wildman–Crippen LogP) is 2.15. The maximum Gasteiger partial charge on any atom is 0.0738 e. The first kappa shape index (κ1) is 16.1. The number of likely N-dealkylation sites (tertiary alicyclic amines) is 1. The van der Waals surface area contributed by atoms with Crippen LogP contribution in [0.5, 0.6) is 0 Å². The summed E-state index contributed by atoms with van der Waals surface area (Å²) in [5.74, 6) is 0.760. The van der Waals surface area contributed by atoms with Crippen LogP contribution >= 0.6 is 0 Å². The maximum absolute atomic E-state index is 4.22. The third kappa shape index (κ3) is 4.39. The van der Waals surface area contributed by atoms with Crippen LogP contribution in [0.4, 0.5) is 0 Å². The smallest absolute Gasteiger partial charge is 0.0738 e. The molecule has 1 aromatic carbocycles. The lowest BCUT2D eigenvalue weighted by molar-refractivity contribution is 0.264. The minimum absolute atomic E-state index is 0.663. The van der Waals surface area contributed by atoms with Gasteiger partial charge in [-0.25, -0.2) is 4.68 Å². The highest BCUT2D eigenvalue weighted by Crippen LogP contribution is 2.17. The van der Waals surface area contributed by atoms with Gasteiger partial charge in [0.05, 0.1) is 18.4 Å². The van der Waals surface area contributed by atoms with E-state index in [-0.39, 0.29) is 0 Å². The molecule has 5 nitrogen and oxygen atoms in total. The fraction of sp³-hybridized carbons (Fsp3) is 0.556. The van der Waals surface area contributed by atoms with Gasteiger partial charge in [-0.1, -0.05) is 35.5 Å². The Kier molecular flexibility index (Phi) is 5.41. The molecule has 0 amide bonds. The first-order valence-corrected chi connectivity index (χ1v) is 8.58. The Labute approximate surface area is 138 Å². The Hall–Kier alpha value is -1.72. The van der Waals surface area contributed by atoms with Gasteiger partial charge in [0.25, 0.3) is 0 Å². The number of hydrogen-bond donors (Lipinski definition) is 1. The van der Waals surface area contributed by atoms with Gasteiger partial charge in [-0.2, -0.15) is 0 Å². The van der Waals surface area contributed by atoms with E-state index in [0.29, 0.717) is 6.04 Å². The van der Waals surface area contributed by atoms with Crippen molar-refractivity contribution in [2.24, 2.45) is 5.92 Å². The van der Waals surface area contributed by atoms with Crippen molar-refractivity contribution in [1.29, 1.82) is 0 Å². The van der Waals surface area contributed by atoms with Crippen LogP contribution in [0, 0.1) is 5.92 Å². The molecule has 23 heavy (non-hydrogen) atoms. The average Bonchev–Trinajstić information content (AvgIpc) is 3.19. The predicted molar refractivity (Wildman–Crippen MR) is 92.1 cm³/mol. The number of benzene rings is 1. The highest BCUT2D eigenvalue weighted by atomic mass is 15.4. The van der Waals surface area contributed by atoms with Gasteiger partial charge in [0.1, 0.15) is 0 Å². The van der Waals surface area contributed by atoms with Crippen molar-refractivity contribution in [3.63, 3.8) is 0 Å².